The topological polar surface area (TPSA) is 106 Å². The molecule has 2 fully saturated rings. The molecule has 47 heavy (non-hydrogen) atoms. The second-order valence-corrected chi connectivity index (χ2v) is 13.1. The van der Waals surface area contributed by atoms with Crippen molar-refractivity contribution >= 4 is 61.7 Å². The molecule has 1 saturated heterocycles. The molecule has 1 N–H and O–H groups in total. The van der Waals surface area contributed by atoms with Gasteiger partial charge in [0.1, 0.15) is 18.3 Å². The fourth-order valence-electron chi connectivity index (χ4n) is 6.59. The molecule has 7 rings (SSSR count). The summed E-state index contributed by atoms with van der Waals surface area (Å²) in [7, 11) is 0. The van der Waals surface area contributed by atoms with Crippen molar-refractivity contribution in [2.45, 2.75) is 44.8 Å². The fourth-order valence-corrected chi connectivity index (χ4v) is 7.03. The molecule has 238 valence electrons. The van der Waals surface area contributed by atoms with E-state index in [4.69, 9.17) is 16.3 Å². The fraction of sp³-hybridized carbons (Fsp3) is 0.229. The van der Waals surface area contributed by atoms with Crippen LogP contribution in [0, 0.1) is 11.7 Å². The number of amides is 2. The van der Waals surface area contributed by atoms with Gasteiger partial charge in [0.05, 0.1) is 10.2 Å². The zero-order chi connectivity index (χ0) is 32.8. The first-order valence-electron chi connectivity index (χ1n) is 15.1. The number of ketones is 1. The summed E-state index contributed by atoms with van der Waals surface area (Å²) < 4.78 is 23.9. The van der Waals surface area contributed by atoms with Gasteiger partial charge in [-0.2, -0.15) is 0 Å². The van der Waals surface area contributed by atoms with E-state index in [-0.39, 0.29) is 47.5 Å². The van der Waals surface area contributed by atoms with Gasteiger partial charge >= 0.3 is 6.01 Å². The van der Waals surface area contributed by atoms with E-state index in [1.54, 1.807) is 82.7 Å². The maximum atomic E-state index is 15.7. The molecule has 12 heteroatoms. The number of anilines is 1. The number of nitrogens with zero attached hydrogens (tertiary/aromatic N) is 4. The van der Waals surface area contributed by atoms with E-state index in [9.17, 15) is 14.4 Å². The Bertz CT molecular complexity index is 2050. The number of likely N-dealkylation sites (tertiary alicyclic amines) is 1. The standard InChI is InChI=1S/C35H28BrClFN5O4/c1-19(44)26-17-42(30-12-10-22(14-25(26)30)47-35-39-15-21(36)16-40-35)18-32(45)43-29-11-9-20(29)13-31(43)34(46)41-28-8-4-6-24(33(28)38)23-5-2-3-7-27(23)37/h2-8,10,12,14-17,20,29,31H,9,11,13,18H2,1H3,(H,41,46). The first kappa shape index (κ1) is 31.0. The maximum absolute atomic E-state index is 15.7. The summed E-state index contributed by atoms with van der Waals surface area (Å²) in [6.07, 6.45) is 7.00. The van der Waals surface area contributed by atoms with E-state index in [1.807, 2.05) is 0 Å². The Morgan fingerprint density at radius 2 is 1.81 bits per heavy atom. The van der Waals surface area contributed by atoms with Crippen LogP contribution in [0.15, 0.2) is 83.7 Å². The molecule has 1 saturated carbocycles. The summed E-state index contributed by atoms with van der Waals surface area (Å²) in [6, 6.07) is 16.2. The van der Waals surface area contributed by atoms with Crippen LogP contribution in [0.25, 0.3) is 22.0 Å². The van der Waals surface area contributed by atoms with E-state index in [1.165, 1.54) is 13.0 Å². The second kappa shape index (κ2) is 12.5. The van der Waals surface area contributed by atoms with E-state index in [2.05, 4.69) is 31.2 Å². The van der Waals surface area contributed by atoms with Crippen LogP contribution in [0.4, 0.5) is 10.1 Å². The third-order valence-corrected chi connectivity index (χ3v) is 9.69. The summed E-state index contributed by atoms with van der Waals surface area (Å²) in [5, 5.41) is 3.76. The largest absolute Gasteiger partial charge is 0.424 e. The van der Waals surface area contributed by atoms with Crippen molar-refractivity contribution < 1.29 is 23.5 Å². The first-order chi connectivity index (χ1) is 22.7. The predicted molar refractivity (Wildman–Crippen MR) is 179 cm³/mol. The van der Waals surface area contributed by atoms with E-state index in [0.717, 1.165) is 12.8 Å². The average Bonchev–Trinajstić information content (AvgIpc) is 3.53. The Kier molecular flexibility index (Phi) is 8.27. The Hall–Kier alpha value is -4.61. The summed E-state index contributed by atoms with van der Waals surface area (Å²) in [5.41, 5.74) is 1.90. The van der Waals surface area contributed by atoms with Crippen molar-refractivity contribution in [2.24, 2.45) is 5.92 Å². The van der Waals surface area contributed by atoms with Crippen LogP contribution in [0.5, 0.6) is 11.8 Å². The van der Waals surface area contributed by atoms with Gasteiger partial charge in [-0.15, -0.1) is 0 Å². The van der Waals surface area contributed by atoms with Crippen molar-refractivity contribution in [3.05, 3.63) is 100 Å². The van der Waals surface area contributed by atoms with Crippen LogP contribution >= 0.6 is 27.5 Å². The summed E-state index contributed by atoms with van der Waals surface area (Å²) >= 11 is 9.62. The first-order valence-corrected chi connectivity index (χ1v) is 16.3. The average molecular weight is 717 g/mol. The molecule has 1 aliphatic carbocycles. The van der Waals surface area contributed by atoms with Gasteiger partial charge in [0, 0.05) is 57.2 Å². The number of benzene rings is 3. The molecule has 2 aliphatic rings. The lowest BCUT2D eigenvalue weighted by molar-refractivity contribution is -0.140. The third kappa shape index (κ3) is 5.89. The van der Waals surface area contributed by atoms with Crippen molar-refractivity contribution in [1.29, 1.82) is 0 Å². The van der Waals surface area contributed by atoms with E-state index in [0.29, 0.717) is 43.7 Å². The highest BCUT2D eigenvalue weighted by atomic mass is 79.9. The number of halogens is 3. The smallest absolute Gasteiger partial charge is 0.321 e. The number of hydrogen-bond acceptors (Lipinski definition) is 6. The SMILES string of the molecule is CC(=O)c1cn(CC(=O)N2C(C(=O)Nc3cccc(-c4ccccc4Cl)c3F)CC3CCC32)c2ccc(Oc3ncc(Br)cn3)cc12. The van der Waals surface area contributed by atoms with E-state index >= 15 is 4.39 Å². The molecule has 3 unspecified atom stereocenters. The van der Waals surface area contributed by atoms with Gasteiger partial charge in [-0.05, 0) is 78.4 Å². The molecule has 2 amide bonds. The van der Waals surface area contributed by atoms with Gasteiger partial charge in [-0.1, -0.05) is 41.9 Å². The number of aromatic nitrogens is 3. The highest BCUT2D eigenvalue weighted by Gasteiger charge is 2.51. The van der Waals surface area contributed by atoms with Crippen molar-refractivity contribution in [1.82, 2.24) is 19.4 Å². The number of Topliss-reactive ketones (excluding diaryl/α,β-unsaturated/α-hetero) is 1. The highest BCUT2D eigenvalue weighted by molar-refractivity contribution is 9.10. The maximum Gasteiger partial charge on any atom is 0.321 e. The van der Waals surface area contributed by atoms with Crippen LogP contribution in [0.2, 0.25) is 5.02 Å². The highest BCUT2D eigenvalue weighted by Crippen LogP contribution is 2.44. The number of carbonyl (C=O) groups is 3. The minimum absolute atomic E-state index is 0.0214. The second-order valence-electron chi connectivity index (χ2n) is 11.8. The van der Waals surface area contributed by atoms with E-state index < -0.39 is 17.8 Å². The lowest BCUT2D eigenvalue weighted by atomic mass is 9.80. The molecule has 3 aromatic carbocycles. The zero-order valence-electron chi connectivity index (χ0n) is 25.1. The Balaban J connectivity index is 1.13. The molecular weight excluding hydrogens is 689 g/mol. The lowest BCUT2D eigenvalue weighted by Gasteiger charge is -2.37. The quantitative estimate of drug-likeness (QED) is 0.165. The van der Waals surface area contributed by atoms with Gasteiger partial charge in [-0.25, -0.2) is 14.4 Å². The van der Waals surface area contributed by atoms with Gasteiger partial charge in [0.15, 0.2) is 11.6 Å². The zero-order valence-corrected chi connectivity index (χ0v) is 27.5. The Labute approximate surface area is 282 Å². The Morgan fingerprint density at radius 1 is 1.04 bits per heavy atom. The van der Waals surface area contributed by atoms with Crippen LogP contribution in [0.3, 0.4) is 0 Å². The molecule has 5 aromatic rings. The van der Waals surface area contributed by atoms with Crippen molar-refractivity contribution in [2.75, 3.05) is 5.32 Å². The van der Waals surface area contributed by atoms with Crippen LogP contribution in [-0.2, 0) is 16.1 Å². The summed E-state index contributed by atoms with van der Waals surface area (Å²) in [4.78, 5) is 50.2. The molecule has 2 aromatic heterocycles. The van der Waals surface area contributed by atoms with Crippen molar-refractivity contribution in [3.63, 3.8) is 0 Å². The number of carbonyl (C=O) groups excluding carboxylic acids is 3. The number of hydrogen-bond donors (Lipinski definition) is 1. The van der Waals surface area contributed by atoms with Crippen LogP contribution < -0.4 is 10.1 Å². The Morgan fingerprint density at radius 3 is 2.53 bits per heavy atom. The normalized spacial score (nSPS) is 18.5. The van der Waals surface area contributed by atoms with Gasteiger partial charge in [-0.3, -0.25) is 14.4 Å². The number of ether oxygens (including phenoxy) is 1. The predicted octanol–water partition coefficient (Wildman–Crippen LogP) is 7.67. The molecule has 1 aliphatic heterocycles. The molecule has 9 nitrogen and oxygen atoms in total. The number of fused-ring (bicyclic) bond motifs is 2. The summed E-state index contributed by atoms with van der Waals surface area (Å²) in [6.45, 7) is 1.38. The molecule has 0 bridgehead atoms. The summed E-state index contributed by atoms with van der Waals surface area (Å²) in [5.74, 6) is -0.829. The van der Waals surface area contributed by atoms with Crippen molar-refractivity contribution in [3.8, 4) is 22.9 Å². The molecular formula is C35H28BrClFN5O4. The van der Waals surface area contributed by atoms with Crippen LogP contribution in [-0.4, -0.2) is 49.1 Å². The molecule has 0 spiro atoms. The third-order valence-electron chi connectivity index (χ3n) is 8.95. The molecule has 3 heterocycles. The van der Waals surface area contributed by atoms with Gasteiger partial charge < -0.3 is 19.5 Å². The minimum Gasteiger partial charge on any atom is -0.424 e. The van der Waals surface area contributed by atoms with Crippen LogP contribution in [0.1, 0.15) is 36.5 Å². The van der Waals surface area contributed by atoms with Gasteiger partial charge in [0.25, 0.3) is 0 Å². The lowest BCUT2D eigenvalue weighted by Crippen LogP contribution is -2.50. The number of nitrogens with one attached hydrogen (secondary N) is 1. The molecule has 0 radical (unpaired) electrons. The minimum atomic E-state index is -0.761. The monoisotopic (exact) mass is 715 g/mol. The number of rotatable bonds is 8. The van der Waals surface area contributed by atoms with Gasteiger partial charge in [0.2, 0.25) is 11.8 Å². The molecule has 3 atom stereocenters.